The van der Waals surface area contributed by atoms with Crippen molar-refractivity contribution in [1.29, 1.82) is 0 Å². The monoisotopic (exact) mass is 222 g/mol. The van der Waals surface area contributed by atoms with E-state index in [9.17, 15) is 5.11 Å². The van der Waals surface area contributed by atoms with E-state index in [0.717, 1.165) is 37.9 Å². The molecule has 0 aliphatic carbocycles. The van der Waals surface area contributed by atoms with E-state index in [0.29, 0.717) is 0 Å². The second kappa shape index (κ2) is 8.17. The fourth-order valence-corrected chi connectivity index (χ4v) is 1.75. The first-order valence-electron chi connectivity index (χ1n) is 6.14. The smallest absolute Gasteiger partial charge is 0.103 e. The Kier molecular flexibility index (Phi) is 6.66. The number of furan rings is 1. The summed E-state index contributed by atoms with van der Waals surface area (Å²) in [5, 5.41) is 9.74. The highest BCUT2D eigenvalue weighted by Crippen LogP contribution is 2.11. The largest absolute Gasteiger partial charge is 0.469 e. The second-order valence-corrected chi connectivity index (χ2v) is 4.20. The van der Waals surface area contributed by atoms with Crippen molar-refractivity contribution in [3.05, 3.63) is 36.8 Å². The lowest BCUT2D eigenvalue weighted by molar-refractivity contribution is 0.149. The van der Waals surface area contributed by atoms with Crippen LogP contribution in [0.5, 0.6) is 0 Å². The molecule has 0 aliphatic rings. The molecule has 0 amide bonds. The molecule has 90 valence electrons. The van der Waals surface area contributed by atoms with Crippen LogP contribution >= 0.6 is 0 Å². The zero-order valence-corrected chi connectivity index (χ0v) is 9.90. The van der Waals surface area contributed by atoms with Gasteiger partial charge < -0.3 is 9.52 Å². The molecule has 1 aromatic rings. The molecule has 0 saturated carbocycles. The van der Waals surface area contributed by atoms with Gasteiger partial charge >= 0.3 is 0 Å². The van der Waals surface area contributed by atoms with E-state index in [1.54, 1.807) is 6.26 Å². The Labute approximate surface area is 98.0 Å². The van der Waals surface area contributed by atoms with Gasteiger partial charge in [0.1, 0.15) is 5.76 Å². The van der Waals surface area contributed by atoms with Crippen LogP contribution in [0.1, 0.15) is 44.3 Å². The minimum Gasteiger partial charge on any atom is -0.469 e. The highest BCUT2D eigenvalue weighted by Gasteiger charge is 2.05. The Hall–Kier alpha value is -1.02. The molecule has 1 atom stereocenters. The van der Waals surface area contributed by atoms with Gasteiger partial charge in [-0.1, -0.05) is 18.9 Å². The van der Waals surface area contributed by atoms with E-state index in [4.69, 9.17) is 4.42 Å². The van der Waals surface area contributed by atoms with Gasteiger partial charge in [-0.3, -0.25) is 0 Å². The van der Waals surface area contributed by atoms with Crippen molar-refractivity contribution in [2.45, 2.75) is 51.0 Å². The first-order chi connectivity index (χ1) is 7.83. The van der Waals surface area contributed by atoms with Crippen LogP contribution < -0.4 is 0 Å². The van der Waals surface area contributed by atoms with Crippen molar-refractivity contribution in [2.75, 3.05) is 0 Å². The van der Waals surface area contributed by atoms with Crippen molar-refractivity contribution in [2.24, 2.45) is 0 Å². The number of aryl methyl sites for hydroxylation is 1. The molecule has 0 aliphatic heterocycles. The third-order valence-corrected chi connectivity index (χ3v) is 2.75. The lowest BCUT2D eigenvalue weighted by Gasteiger charge is -2.08. The van der Waals surface area contributed by atoms with Crippen LogP contribution in [0.3, 0.4) is 0 Å². The number of hydrogen-bond donors (Lipinski definition) is 1. The van der Waals surface area contributed by atoms with Gasteiger partial charge in [0.2, 0.25) is 0 Å². The molecule has 0 saturated heterocycles. The summed E-state index contributed by atoms with van der Waals surface area (Å²) in [7, 11) is 0. The predicted molar refractivity (Wildman–Crippen MR) is 66.3 cm³/mol. The number of hydrogen-bond acceptors (Lipinski definition) is 2. The van der Waals surface area contributed by atoms with E-state index in [1.807, 2.05) is 18.2 Å². The van der Waals surface area contributed by atoms with Crippen LogP contribution in [0.2, 0.25) is 0 Å². The maximum atomic E-state index is 9.74. The highest BCUT2D eigenvalue weighted by atomic mass is 16.3. The van der Waals surface area contributed by atoms with Crippen LogP contribution in [0.4, 0.5) is 0 Å². The normalized spacial score (nSPS) is 12.6. The second-order valence-electron chi connectivity index (χ2n) is 4.20. The summed E-state index contributed by atoms with van der Waals surface area (Å²) < 4.78 is 5.22. The average molecular weight is 222 g/mol. The summed E-state index contributed by atoms with van der Waals surface area (Å²) in [4.78, 5) is 0. The Morgan fingerprint density at radius 1 is 1.31 bits per heavy atom. The van der Waals surface area contributed by atoms with Gasteiger partial charge in [0.05, 0.1) is 12.4 Å². The Morgan fingerprint density at radius 3 is 2.88 bits per heavy atom. The lowest BCUT2D eigenvalue weighted by Crippen LogP contribution is -2.07. The van der Waals surface area contributed by atoms with Gasteiger partial charge in [-0.25, -0.2) is 0 Å². The van der Waals surface area contributed by atoms with Gasteiger partial charge in [-0.05, 0) is 37.8 Å². The molecule has 0 spiro atoms. The van der Waals surface area contributed by atoms with Crippen molar-refractivity contribution >= 4 is 0 Å². The molecule has 1 unspecified atom stereocenters. The number of allylic oxidation sites excluding steroid dienone is 1. The van der Waals surface area contributed by atoms with E-state index in [1.165, 1.54) is 12.8 Å². The van der Waals surface area contributed by atoms with E-state index in [-0.39, 0.29) is 6.10 Å². The van der Waals surface area contributed by atoms with Crippen molar-refractivity contribution in [3.8, 4) is 0 Å². The molecule has 1 heterocycles. The van der Waals surface area contributed by atoms with Gasteiger partial charge in [0, 0.05) is 6.42 Å². The summed E-state index contributed by atoms with van der Waals surface area (Å²) in [5.74, 6) is 0.964. The van der Waals surface area contributed by atoms with Crippen LogP contribution in [-0.4, -0.2) is 11.2 Å². The fraction of sp³-hybridized carbons (Fsp3) is 0.571. The van der Waals surface area contributed by atoms with Crippen molar-refractivity contribution < 1.29 is 9.52 Å². The Balaban J connectivity index is 1.98. The molecule has 0 aromatic carbocycles. The molecule has 0 bridgehead atoms. The number of unbranched alkanes of at least 4 members (excludes halogenated alkanes) is 3. The molecule has 1 N–H and O–H groups in total. The lowest BCUT2D eigenvalue weighted by atomic mass is 10.0. The first kappa shape index (κ1) is 13.0. The maximum absolute atomic E-state index is 9.74. The zero-order valence-electron chi connectivity index (χ0n) is 9.90. The molecular formula is C14H22O2. The minimum atomic E-state index is -0.186. The van der Waals surface area contributed by atoms with Crippen molar-refractivity contribution in [1.82, 2.24) is 0 Å². The van der Waals surface area contributed by atoms with Gasteiger partial charge in [0.15, 0.2) is 0 Å². The number of rotatable bonds is 9. The van der Waals surface area contributed by atoms with Gasteiger partial charge in [0.25, 0.3) is 0 Å². The van der Waals surface area contributed by atoms with E-state index >= 15 is 0 Å². The zero-order chi connectivity index (χ0) is 11.6. The van der Waals surface area contributed by atoms with Gasteiger partial charge in [-0.15, -0.1) is 6.58 Å². The highest BCUT2D eigenvalue weighted by molar-refractivity contribution is 4.98. The molecular weight excluding hydrogens is 200 g/mol. The topological polar surface area (TPSA) is 33.4 Å². The number of aliphatic hydroxyl groups excluding tert-OH is 1. The maximum Gasteiger partial charge on any atom is 0.103 e. The molecule has 1 aromatic heterocycles. The van der Waals surface area contributed by atoms with E-state index < -0.39 is 0 Å². The van der Waals surface area contributed by atoms with E-state index in [2.05, 4.69) is 6.58 Å². The third-order valence-electron chi connectivity index (χ3n) is 2.75. The fourth-order valence-electron chi connectivity index (χ4n) is 1.75. The molecule has 2 heteroatoms. The quantitative estimate of drug-likeness (QED) is 0.510. The van der Waals surface area contributed by atoms with Crippen LogP contribution in [0.15, 0.2) is 35.5 Å². The van der Waals surface area contributed by atoms with Gasteiger partial charge in [-0.2, -0.15) is 0 Å². The molecule has 16 heavy (non-hydrogen) atoms. The van der Waals surface area contributed by atoms with Crippen LogP contribution in [0, 0.1) is 0 Å². The molecule has 2 nitrogen and oxygen atoms in total. The molecule has 0 radical (unpaired) electrons. The SMILES string of the molecule is C=CCCCCCC(O)CCc1ccco1. The summed E-state index contributed by atoms with van der Waals surface area (Å²) in [6.07, 6.45) is 10.5. The third kappa shape index (κ3) is 5.76. The van der Waals surface area contributed by atoms with Crippen LogP contribution in [0.25, 0.3) is 0 Å². The summed E-state index contributed by atoms with van der Waals surface area (Å²) >= 11 is 0. The van der Waals surface area contributed by atoms with Crippen molar-refractivity contribution in [3.63, 3.8) is 0 Å². The molecule has 0 fully saturated rings. The first-order valence-corrected chi connectivity index (χ1v) is 6.14. The minimum absolute atomic E-state index is 0.186. The van der Waals surface area contributed by atoms with Crippen LogP contribution in [-0.2, 0) is 6.42 Å². The summed E-state index contributed by atoms with van der Waals surface area (Å²) in [5.41, 5.74) is 0. The summed E-state index contributed by atoms with van der Waals surface area (Å²) in [6.45, 7) is 3.69. The Bertz CT molecular complexity index is 264. The predicted octanol–water partition coefficient (Wildman–Crippen LogP) is 3.71. The standard InChI is InChI=1S/C14H22O2/c1-2-3-4-5-6-8-13(15)10-11-14-9-7-12-16-14/h2,7,9,12-13,15H,1,3-6,8,10-11H2. The average Bonchev–Trinajstić information content (AvgIpc) is 2.79. The summed E-state index contributed by atoms with van der Waals surface area (Å²) in [6, 6.07) is 3.84. The molecule has 1 rings (SSSR count). The Morgan fingerprint density at radius 2 is 2.19 bits per heavy atom. The number of aliphatic hydroxyl groups is 1.